The van der Waals surface area contributed by atoms with Gasteiger partial charge in [0.1, 0.15) is 17.2 Å². The first-order valence-electron chi connectivity index (χ1n) is 10.7. The predicted octanol–water partition coefficient (Wildman–Crippen LogP) is 4.67. The molecule has 1 fully saturated rings. The van der Waals surface area contributed by atoms with Gasteiger partial charge in [0.15, 0.2) is 0 Å². The number of carbonyl (C=O) groups excluding carboxylic acids is 1. The minimum Gasteiger partial charge on any atom is -0.495 e. The number of alkyl halides is 3. The van der Waals surface area contributed by atoms with Crippen LogP contribution in [0.2, 0.25) is 0 Å². The lowest BCUT2D eigenvalue weighted by atomic mass is 9.95. The van der Waals surface area contributed by atoms with Crippen LogP contribution >= 0.6 is 0 Å². The number of nitrogens with one attached hydrogen (secondary N) is 1. The molecule has 33 heavy (non-hydrogen) atoms. The summed E-state index contributed by atoms with van der Waals surface area (Å²) >= 11 is 0. The summed E-state index contributed by atoms with van der Waals surface area (Å²) in [7, 11) is -3.14. The summed E-state index contributed by atoms with van der Waals surface area (Å²) in [4.78, 5) is 12.6. The third-order valence-electron chi connectivity index (χ3n) is 5.61. The number of methoxy groups -OCH3 is 1. The lowest BCUT2D eigenvalue weighted by molar-refractivity contribution is -0.137. The molecule has 0 saturated heterocycles. The molecule has 1 N–H and O–H groups in total. The lowest BCUT2D eigenvalue weighted by Gasteiger charge is -2.28. The maximum Gasteiger partial charge on any atom is 0.416 e. The van der Waals surface area contributed by atoms with Crippen LogP contribution in [0, 0.1) is 6.92 Å². The van der Waals surface area contributed by atoms with Crippen molar-refractivity contribution in [2.45, 2.75) is 56.1 Å². The van der Waals surface area contributed by atoms with Gasteiger partial charge in [-0.15, -0.1) is 0 Å². The monoisotopic (exact) mass is 484 g/mol. The number of hydrogen-bond donors (Lipinski definition) is 1. The zero-order chi connectivity index (χ0) is 24.2. The van der Waals surface area contributed by atoms with Crippen LogP contribution in [0.5, 0.6) is 5.75 Å². The van der Waals surface area contributed by atoms with E-state index in [0.717, 1.165) is 50.3 Å². The van der Waals surface area contributed by atoms with Crippen LogP contribution in [0.15, 0.2) is 47.4 Å². The molecule has 0 aliphatic heterocycles. The maximum atomic E-state index is 13.6. The quantitative estimate of drug-likeness (QED) is 0.620. The summed E-state index contributed by atoms with van der Waals surface area (Å²) in [6, 6.07) is 8.35. The normalized spacial score (nSPS) is 15.2. The van der Waals surface area contributed by atoms with E-state index >= 15 is 0 Å². The van der Waals surface area contributed by atoms with E-state index in [9.17, 15) is 26.4 Å². The summed E-state index contributed by atoms with van der Waals surface area (Å²) in [5, 5.41) is 2.83. The molecule has 180 valence electrons. The van der Waals surface area contributed by atoms with Crippen molar-refractivity contribution in [1.82, 2.24) is 5.32 Å². The second-order valence-electron chi connectivity index (χ2n) is 8.12. The average Bonchev–Trinajstić information content (AvgIpc) is 2.77. The van der Waals surface area contributed by atoms with Crippen molar-refractivity contribution in [1.29, 1.82) is 0 Å². The van der Waals surface area contributed by atoms with Gasteiger partial charge in [-0.05, 0) is 55.7 Å². The molecular weight excluding hydrogens is 457 g/mol. The van der Waals surface area contributed by atoms with E-state index in [2.05, 4.69) is 5.32 Å². The smallest absolute Gasteiger partial charge is 0.416 e. The molecule has 0 radical (unpaired) electrons. The van der Waals surface area contributed by atoms with Crippen LogP contribution in [-0.4, -0.2) is 34.0 Å². The van der Waals surface area contributed by atoms with E-state index in [0.29, 0.717) is 9.87 Å². The molecule has 1 aliphatic carbocycles. The van der Waals surface area contributed by atoms with Crippen LogP contribution in [0.3, 0.4) is 0 Å². The standard InChI is InChI=1S/C23H27F3N2O4S/c1-16-11-12-20(32-2)21(13-16)33(30,31)28(15-22(29)27-18-8-4-3-5-9-18)19-10-6-7-17(14-19)23(24,25)26/h6-7,10-14,18H,3-5,8-9,15H2,1-2H3,(H,27,29). The number of amides is 1. The van der Waals surface area contributed by atoms with E-state index in [-0.39, 0.29) is 22.4 Å². The molecule has 6 nitrogen and oxygen atoms in total. The van der Waals surface area contributed by atoms with E-state index in [1.54, 1.807) is 13.0 Å². The fraction of sp³-hybridized carbons (Fsp3) is 0.435. The van der Waals surface area contributed by atoms with Gasteiger partial charge in [-0.3, -0.25) is 9.10 Å². The van der Waals surface area contributed by atoms with Gasteiger partial charge in [0.05, 0.1) is 18.4 Å². The van der Waals surface area contributed by atoms with Gasteiger partial charge in [0.2, 0.25) is 5.91 Å². The van der Waals surface area contributed by atoms with E-state index in [1.807, 2.05) is 0 Å². The Morgan fingerprint density at radius 3 is 2.45 bits per heavy atom. The van der Waals surface area contributed by atoms with Gasteiger partial charge < -0.3 is 10.1 Å². The Morgan fingerprint density at radius 2 is 1.82 bits per heavy atom. The molecule has 3 rings (SSSR count). The SMILES string of the molecule is COc1ccc(C)cc1S(=O)(=O)N(CC(=O)NC1CCCCC1)c1cccc(C(F)(F)F)c1. The van der Waals surface area contributed by atoms with Crippen LogP contribution in [0.1, 0.15) is 43.2 Å². The van der Waals surface area contributed by atoms with Crippen molar-refractivity contribution in [3.8, 4) is 5.75 Å². The molecule has 0 bridgehead atoms. The number of nitrogens with zero attached hydrogens (tertiary/aromatic N) is 1. The molecule has 1 saturated carbocycles. The average molecular weight is 485 g/mol. The molecule has 0 spiro atoms. The van der Waals surface area contributed by atoms with Crippen molar-refractivity contribution in [2.75, 3.05) is 18.0 Å². The molecule has 0 heterocycles. The van der Waals surface area contributed by atoms with Gasteiger partial charge in [-0.25, -0.2) is 8.42 Å². The predicted molar refractivity (Wildman–Crippen MR) is 119 cm³/mol. The first-order valence-corrected chi connectivity index (χ1v) is 12.1. The number of rotatable bonds is 7. The molecule has 1 aliphatic rings. The summed E-state index contributed by atoms with van der Waals surface area (Å²) in [5.41, 5.74) is -0.652. The lowest BCUT2D eigenvalue weighted by Crippen LogP contribution is -2.45. The Hall–Kier alpha value is -2.75. The molecule has 0 atom stereocenters. The van der Waals surface area contributed by atoms with Crippen LogP contribution < -0.4 is 14.4 Å². The second-order valence-corrected chi connectivity index (χ2v) is 9.95. The Balaban J connectivity index is 2.03. The molecule has 2 aromatic carbocycles. The number of ether oxygens (including phenoxy) is 1. The van der Waals surface area contributed by atoms with Gasteiger partial charge in [0, 0.05) is 6.04 Å². The zero-order valence-electron chi connectivity index (χ0n) is 18.5. The van der Waals surface area contributed by atoms with Gasteiger partial charge >= 0.3 is 6.18 Å². The zero-order valence-corrected chi connectivity index (χ0v) is 19.3. The highest BCUT2D eigenvalue weighted by atomic mass is 32.2. The third kappa shape index (κ3) is 5.98. The van der Waals surface area contributed by atoms with Crippen molar-refractivity contribution in [3.05, 3.63) is 53.6 Å². The summed E-state index contributed by atoms with van der Waals surface area (Å²) < 4.78 is 73.2. The topological polar surface area (TPSA) is 75.7 Å². The fourth-order valence-corrected chi connectivity index (χ4v) is 5.56. The first kappa shape index (κ1) is 24.9. The molecule has 1 amide bonds. The highest BCUT2D eigenvalue weighted by Crippen LogP contribution is 2.35. The Bertz CT molecular complexity index is 1100. The van der Waals surface area contributed by atoms with Crippen molar-refractivity contribution >= 4 is 21.6 Å². The number of sulfonamides is 1. The number of halogens is 3. The molecule has 10 heteroatoms. The number of anilines is 1. The highest BCUT2D eigenvalue weighted by molar-refractivity contribution is 7.93. The van der Waals surface area contributed by atoms with Crippen LogP contribution in [-0.2, 0) is 21.0 Å². The first-order chi connectivity index (χ1) is 15.5. The largest absolute Gasteiger partial charge is 0.495 e. The van der Waals surface area contributed by atoms with E-state index in [1.165, 1.54) is 25.3 Å². The minimum atomic E-state index is -4.67. The minimum absolute atomic E-state index is 0.0327. The van der Waals surface area contributed by atoms with Crippen molar-refractivity contribution in [3.63, 3.8) is 0 Å². The Morgan fingerprint density at radius 1 is 1.12 bits per heavy atom. The number of benzene rings is 2. The van der Waals surface area contributed by atoms with Crippen LogP contribution in [0.4, 0.5) is 18.9 Å². The summed E-state index contributed by atoms with van der Waals surface area (Å²) in [5.74, 6) is -0.542. The van der Waals surface area contributed by atoms with E-state index in [4.69, 9.17) is 4.74 Å². The Labute approximate surface area is 191 Å². The van der Waals surface area contributed by atoms with Gasteiger partial charge in [0.25, 0.3) is 10.0 Å². The molecule has 0 unspecified atom stereocenters. The highest BCUT2D eigenvalue weighted by Gasteiger charge is 2.34. The molecule has 2 aromatic rings. The van der Waals surface area contributed by atoms with E-state index < -0.39 is 34.2 Å². The summed E-state index contributed by atoms with van der Waals surface area (Å²) in [6.07, 6.45) is -0.106. The number of carbonyl (C=O) groups is 1. The summed E-state index contributed by atoms with van der Waals surface area (Å²) in [6.45, 7) is 1.03. The van der Waals surface area contributed by atoms with Gasteiger partial charge in [-0.1, -0.05) is 31.4 Å². The van der Waals surface area contributed by atoms with Crippen LogP contribution in [0.25, 0.3) is 0 Å². The van der Waals surface area contributed by atoms with Gasteiger partial charge in [-0.2, -0.15) is 13.2 Å². The fourth-order valence-electron chi connectivity index (χ4n) is 3.91. The maximum absolute atomic E-state index is 13.6. The second kappa shape index (κ2) is 10.0. The van der Waals surface area contributed by atoms with Crippen molar-refractivity contribution < 1.29 is 31.1 Å². The molecular formula is C23H27F3N2O4S. The number of hydrogen-bond acceptors (Lipinski definition) is 4. The Kier molecular flexibility index (Phi) is 7.56. The van der Waals surface area contributed by atoms with Crippen molar-refractivity contribution in [2.24, 2.45) is 0 Å². The molecule has 0 aromatic heterocycles. The number of aryl methyl sites for hydroxylation is 1. The third-order valence-corrected chi connectivity index (χ3v) is 7.40.